The van der Waals surface area contributed by atoms with Crippen molar-refractivity contribution in [2.45, 2.75) is 43.9 Å². The minimum atomic E-state index is -0.569. The lowest BCUT2D eigenvalue weighted by atomic mass is 9.85. The van der Waals surface area contributed by atoms with Gasteiger partial charge in [-0.05, 0) is 24.8 Å². The van der Waals surface area contributed by atoms with Crippen molar-refractivity contribution in [2.75, 3.05) is 20.1 Å². The standard InChI is InChI=1S/C18H23N3O2/c1-19-15-7-8-16(22)21(15)18(17(19)23)9-11-20(12-10-18)13-14-5-3-2-4-6-14/h2-6,15H,7-13H2,1H3. The van der Waals surface area contributed by atoms with Crippen LogP contribution in [0.2, 0.25) is 0 Å². The summed E-state index contributed by atoms with van der Waals surface area (Å²) in [5.74, 6) is 0.305. The minimum absolute atomic E-state index is 0.00401. The normalized spacial score (nSPS) is 27.1. The Labute approximate surface area is 136 Å². The maximum absolute atomic E-state index is 12.8. The summed E-state index contributed by atoms with van der Waals surface area (Å²) in [6, 6.07) is 10.4. The third kappa shape index (κ3) is 2.17. The topological polar surface area (TPSA) is 43.9 Å². The number of rotatable bonds is 2. The summed E-state index contributed by atoms with van der Waals surface area (Å²) in [6.07, 6.45) is 2.88. The SMILES string of the molecule is CN1C(=O)C2(CCN(Cc3ccccc3)CC2)N2C(=O)CCC12. The molecular formula is C18H23N3O2. The molecule has 3 aliphatic heterocycles. The van der Waals surface area contributed by atoms with Gasteiger partial charge in [0.25, 0.3) is 0 Å². The molecule has 0 saturated carbocycles. The maximum atomic E-state index is 12.8. The molecule has 1 spiro atoms. The summed E-state index contributed by atoms with van der Waals surface area (Å²) >= 11 is 0. The van der Waals surface area contributed by atoms with Gasteiger partial charge < -0.3 is 9.80 Å². The number of hydrogen-bond donors (Lipinski definition) is 0. The van der Waals surface area contributed by atoms with Gasteiger partial charge in [0.1, 0.15) is 11.7 Å². The number of carbonyl (C=O) groups excluding carboxylic acids is 2. The molecule has 0 bridgehead atoms. The predicted molar refractivity (Wildman–Crippen MR) is 86.3 cm³/mol. The Kier molecular flexibility index (Phi) is 3.41. The average molecular weight is 313 g/mol. The van der Waals surface area contributed by atoms with E-state index in [0.29, 0.717) is 6.42 Å². The molecule has 1 unspecified atom stereocenters. The van der Waals surface area contributed by atoms with Crippen LogP contribution in [0.4, 0.5) is 0 Å². The molecule has 0 aliphatic carbocycles. The van der Waals surface area contributed by atoms with E-state index in [2.05, 4.69) is 29.2 Å². The highest BCUT2D eigenvalue weighted by Crippen LogP contribution is 2.43. The fourth-order valence-electron chi connectivity index (χ4n) is 4.50. The van der Waals surface area contributed by atoms with Crippen molar-refractivity contribution in [1.29, 1.82) is 0 Å². The highest BCUT2D eigenvalue weighted by atomic mass is 16.2. The quantitative estimate of drug-likeness (QED) is 0.830. The van der Waals surface area contributed by atoms with Crippen molar-refractivity contribution in [3.05, 3.63) is 35.9 Å². The Morgan fingerprint density at radius 3 is 2.52 bits per heavy atom. The molecule has 3 aliphatic rings. The predicted octanol–water partition coefficient (Wildman–Crippen LogP) is 1.44. The second kappa shape index (κ2) is 5.34. The molecule has 1 atom stereocenters. The lowest BCUT2D eigenvalue weighted by molar-refractivity contribution is -0.143. The van der Waals surface area contributed by atoms with Gasteiger partial charge in [-0.1, -0.05) is 30.3 Å². The molecule has 122 valence electrons. The van der Waals surface area contributed by atoms with Crippen LogP contribution < -0.4 is 0 Å². The second-order valence-electron chi connectivity index (χ2n) is 6.99. The molecule has 3 heterocycles. The smallest absolute Gasteiger partial charge is 0.250 e. The first-order chi connectivity index (χ1) is 11.1. The number of amides is 2. The summed E-state index contributed by atoms with van der Waals surface area (Å²) in [5, 5.41) is 0. The van der Waals surface area contributed by atoms with Gasteiger partial charge in [-0.25, -0.2) is 0 Å². The monoisotopic (exact) mass is 313 g/mol. The van der Waals surface area contributed by atoms with Crippen LogP contribution in [0.3, 0.4) is 0 Å². The third-order valence-corrected chi connectivity index (χ3v) is 5.74. The molecule has 3 saturated heterocycles. The zero-order chi connectivity index (χ0) is 16.0. The number of likely N-dealkylation sites (N-methyl/N-ethyl adjacent to an activating group) is 1. The molecule has 23 heavy (non-hydrogen) atoms. The number of carbonyl (C=O) groups is 2. The minimum Gasteiger partial charge on any atom is -0.323 e. The van der Waals surface area contributed by atoms with Crippen molar-refractivity contribution < 1.29 is 9.59 Å². The molecule has 1 aromatic rings. The zero-order valence-corrected chi connectivity index (χ0v) is 13.6. The number of likely N-dealkylation sites (tertiary alicyclic amines) is 1. The molecule has 4 rings (SSSR count). The van der Waals surface area contributed by atoms with Crippen LogP contribution in [0.1, 0.15) is 31.2 Å². The van der Waals surface area contributed by atoms with E-state index in [0.717, 1.165) is 38.9 Å². The Hall–Kier alpha value is -1.88. The van der Waals surface area contributed by atoms with Crippen molar-refractivity contribution in [2.24, 2.45) is 0 Å². The van der Waals surface area contributed by atoms with E-state index in [1.807, 2.05) is 18.0 Å². The molecule has 1 aromatic carbocycles. The van der Waals surface area contributed by atoms with Crippen LogP contribution in [0.15, 0.2) is 30.3 Å². The van der Waals surface area contributed by atoms with Crippen molar-refractivity contribution in [1.82, 2.24) is 14.7 Å². The van der Waals surface area contributed by atoms with E-state index in [9.17, 15) is 9.59 Å². The van der Waals surface area contributed by atoms with Crippen LogP contribution in [-0.4, -0.2) is 58.4 Å². The van der Waals surface area contributed by atoms with E-state index in [1.165, 1.54) is 5.56 Å². The van der Waals surface area contributed by atoms with Gasteiger partial charge in [-0.3, -0.25) is 14.5 Å². The van der Waals surface area contributed by atoms with Crippen LogP contribution in [0.5, 0.6) is 0 Å². The molecule has 0 N–H and O–H groups in total. The van der Waals surface area contributed by atoms with Gasteiger partial charge in [-0.2, -0.15) is 0 Å². The van der Waals surface area contributed by atoms with Gasteiger partial charge in [-0.15, -0.1) is 0 Å². The largest absolute Gasteiger partial charge is 0.323 e. The molecule has 5 nitrogen and oxygen atoms in total. The summed E-state index contributed by atoms with van der Waals surface area (Å²) in [4.78, 5) is 31.3. The Morgan fingerprint density at radius 2 is 1.83 bits per heavy atom. The van der Waals surface area contributed by atoms with E-state index < -0.39 is 5.54 Å². The Balaban J connectivity index is 1.50. The van der Waals surface area contributed by atoms with Crippen molar-refractivity contribution in [3.8, 4) is 0 Å². The maximum Gasteiger partial charge on any atom is 0.250 e. The number of benzene rings is 1. The van der Waals surface area contributed by atoms with Crippen LogP contribution >= 0.6 is 0 Å². The first-order valence-corrected chi connectivity index (χ1v) is 8.47. The van der Waals surface area contributed by atoms with Crippen molar-refractivity contribution >= 4 is 11.8 Å². The molecule has 5 heteroatoms. The molecular weight excluding hydrogens is 290 g/mol. The summed E-state index contributed by atoms with van der Waals surface area (Å²) in [5.41, 5.74) is 0.730. The summed E-state index contributed by atoms with van der Waals surface area (Å²) in [7, 11) is 1.85. The fourth-order valence-corrected chi connectivity index (χ4v) is 4.50. The van der Waals surface area contributed by atoms with Gasteiger partial charge >= 0.3 is 0 Å². The summed E-state index contributed by atoms with van der Waals surface area (Å²) < 4.78 is 0. The lowest BCUT2D eigenvalue weighted by Gasteiger charge is -2.42. The number of piperidine rings is 1. The number of nitrogens with zero attached hydrogens (tertiary/aromatic N) is 3. The number of hydrogen-bond acceptors (Lipinski definition) is 3. The first-order valence-electron chi connectivity index (χ1n) is 8.47. The van der Waals surface area contributed by atoms with E-state index in [-0.39, 0.29) is 18.0 Å². The third-order valence-electron chi connectivity index (χ3n) is 5.74. The van der Waals surface area contributed by atoms with Gasteiger partial charge in [0.15, 0.2) is 0 Å². The molecule has 2 amide bonds. The molecule has 3 fully saturated rings. The summed E-state index contributed by atoms with van der Waals surface area (Å²) in [6.45, 7) is 2.65. The lowest BCUT2D eigenvalue weighted by Crippen LogP contribution is -2.57. The highest BCUT2D eigenvalue weighted by molar-refractivity contribution is 5.96. The van der Waals surface area contributed by atoms with E-state index in [4.69, 9.17) is 0 Å². The molecule has 0 aromatic heterocycles. The number of fused-ring (bicyclic) bond motifs is 2. The first kappa shape index (κ1) is 14.7. The van der Waals surface area contributed by atoms with Gasteiger partial charge in [0.2, 0.25) is 11.8 Å². The Morgan fingerprint density at radius 1 is 1.13 bits per heavy atom. The van der Waals surface area contributed by atoms with Crippen molar-refractivity contribution in [3.63, 3.8) is 0 Å². The second-order valence-corrected chi connectivity index (χ2v) is 6.99. The van der Waals surface area contributed by atoms with Gasteiger partial charge in [0, 0.05) is 33.1 Å². The van der Waals surface area contributed by atoms with E-state index >= 15 is 0 Å². The van der Waals surface area contributed by atoms with Crippen LogP contribution in [-0.2, 0) is 16.1 Å². The van der Waals surface area contributed by atoms with Gasteiger partial charge in [0.05, 0.1) is 0 Å². The fraction of sp³-hybridized carbons (Fsp3) is 0.556. The highest BCUT2D eigenvalue weighted by Gasteiger charge is 2.60. The Bertz CT molecular complexity index is 622. The van der Waals surface area contributed by atoms with Crippen LogP contribution in [0, 0.1) is 0 Å². The average Bonchev–Trinajstić information content (AvgIpc) is 3.05. The molecule has 0 radical (unpaired) electrons. The van der Waals surface area contributed by atoms with E-state index in [1.54, 1.807) is 4.90 Å². The van der Waals surface area contributed by atoms with Crippen LogP contribution in [0.25, 0.3) is 0 Å². The zero-order valence-electron chi connectivity index (χ0n) is 13.6.